The van der Waals surface area contributed by atoms with Crippen LogP contribution < -0.4 is 0 Å². The maximum Gasteiger partial charge on any atom is 0.0783 e. The van der Waals surface area contributed by atoms with Crippen molar-refractivity contribution in [3.8, 4) is 0 Å². The molecule has 3 rings (SSSR count). The molecule has 0 saturated heterocycles. The maximum absolute atomic E-state index is 10.8. The lowest BCUT2D eigenvalue weighted by Gasteiger charge is -2.22. The van der Waals surface area contributed by atoms with Crippen molar-refractivity contribution < 1.29 is 5.11 Å². The second kappa shape index (κ2) is 4.49. The van der Waals surface area contributed by atoms with Crippen LogP contribution in [0.1, 0.15) is 29.4 Å². The molecule has 2 aromatic rings. The van der Waals surface area contributed by atoms with Crippen molar-refractivity contribution in [1.82, 2.24) is 9.78 Å². The number of rotatable bonds is 3. The van der Waals surface area contributed by atoms with Gasteiger partial charge in [0.2, 0.25) is 0 Å². The molecule has 1 aliphatic rings. The van der Waals surface area contributed by atoms with E-state index in [4.69, 9.17) is 0 Å². The molecule has 3 heteroatoms. The topological polar surface area (TPSA) is 38.0 Å². The molecule has 0 spiro atoms. The van der Waals surface area contributed by atoms with E-state index in [-0.39, 0.29) is 0 Å². The van der Waals surface area contributed by atoms with Crippen molar-refractivity contribution in [2.24, 2.45) is 7.05 Å². The third kappa shape index (κ3) is 2.30. The minimum Gasteiger partial charge on any atom is -0.389 e. The summed E-state index contributed by atoms with van der Waals surface area (Å²) in [5.74, 6) is 0. The number of hydrogen-bond acceptors (Lipinski definition) is 2. The second-order valence-corrected chi connectivity index (χ2v) is 5.63. The zero-order valence-corrected chi connectivity index (χ0v) is 11.6. The largest absolute Gasteiger partial charge is 0.389 e. The third-order valence-corrected chi connectivity index (χ3v) is 4.06. The number of nitrogens with zero attached hydrogens (tertiary/aromatic N) is 2. The van der Waals surface area contributed by atoms with E-state index in [0.717, 1.165) is 30.7 Å². The van der Waals surface area contributed by atoms with E-state index in [1.54, 1.807) is 0 Å². The first-order chi connectivity index (χ1) is 9.09. The molecule has 0 fully saturated rings. The molecule has 0 atom stereocenters. The third-order valence-electron chi connectivity index (χ3n) is 4.06. The summed E-state index contributed by atoms with van der Waals surface area (Å²) in [6.45, 7) is 2.10. The van der Waals surface area contributed by atoms with Crippen LogP contribution in [0.2, 0.25) is 0 Å². The summed E-state index contributed by atoms with van der Waals surface area (Å²) in [6.07, 6.45) is 3.10. The molecule has 1 N–H and O–H groups in total. The molecule has 0 radical (unpaired) electrons. The average Bonchev–Trinajstić information content (AvgIpc) is 2.89. The van der Waals surface area contributed by atoms with Crippen LogP contribution in [0.25, 0.3) is 0 Å². The lowest BCUT2D eigenvalue weighted by atomic mass is 9.94. The Morgan fingerprint density at radius 1 is 1.26 bits per heavy atom. The molecule has 3 nitrogen and oxygen atoms in total. The predicted molar refractivity (Wildman–Crippen MR) is 75.1 cm³/mol. The zero-order valence-electron chi connectivity index (χ0n) is 11.6. The SMILES string of the molecule is CCc1cc(CC2(O)Cc3ccccc3C2)n(C)n1. The Labute approximate surface area is 113 Å². The number of aliphatic hydroxyl groups is 1. The Morgan fingerprint density at radius 2 is 1.89 bits per heavy atom. The van der Waals surface area contributed by atoms with Crippen molar-refractivity contribution in [3.63, 3.8) is 0 Å². The summed E-state index contributed by atoms with van der Waals surface area (Å²) in [5, 5.41) is 15.3. The summed E-state index contributed by atoms with van der Waals surface area (Å²) in [7, 11) is 1.96. The van der Waals surface area contributed by atoms with E-state index >= 15 is 0 Å². The highest BCUT2D eigenvalue weighted by Crippen LogP contribution is 2.32. The summed E-state index contributed by atoms with van der Waals surface area (Å²) < 4.78 is 1.90. The summed E-state index contributed by atoms with van der Waals surface area (Å²) in [6, 6.07) is 10.4. The standard InChI is InChI=1S/C16H20N2O/c1-3-14-8-15(18(2)17-14)11-16(19)9-12-6-4-5-7-13(12)10-16/h4-8,19H,3,9-11H2,1-2H3. The highest BCUT2D eigenvalue weighted by Gasteiger charge is 2.35. The summed E-state index contributed by atoms with van der Waals surface area (Å²) in [4.78, 5) is 0. The van der Waals surface area contributed by atoms with Crippen LogP contribution >= 0.6 is 0 Å². The van der Waals surface area contributed by atoms with Gasteiger partial charge in [0.1, 0.15) is 0 Å². The lowest BCUT2D eigenvalue weighted by Crippen LogP contribution is -2.33. The van der Waals surface area contributed by atoms with E-state index in [1.165, 1.54) is 11.1 Å². The van der Waals surface area contributed by atoms with Crippen molar-refractivity contribution in [3.05, 3.63) is 52.8 Å². The van der Waals surface area contributed by atoms with Crippen LogP contribution in [-0.4, -0.2) is 20.5 Å². The molecule has 19 heavy (non-hydrogen) atoms. The molecule has 1 heterocycles. The molecule has 0 bridgehead atoms. The van der Waals surface area contributed by atoms with Gasteiger partial charge in [0, 0.05) is 32.0 Å². The van der Waals surface area contributed by atoms with Crippen molar-refractivity contribution in [1.29, 1.82) is 0 Å². The number of hydrogen-bond donors (Lipinski definition) is 1. The van der Waals surface area contributed by atoms with Gasteiger partial charge in [-0.3, -0.25) is 4.68 Å². The first-order valence-electron chi connectivity index (χ1n) is 6.90. The van der Waals surface area contributed by atoms with E-state index in [0.29, 0.717) is 6.42 Å². The fourth-order valence-electron chi connectivity index (χ4n) is 3.05. The molecule has 1 aliphatic carbocycles. The van der Waals surface area contributed by atoms with Crippen LogP contribution in [0, 0.1) is 0 Å². The first-order valence-corrected chi connectivity index (χ1v) is 6.90. The quantitative estimate of drug-likeness (QED) is 0.912. The Morgan fingerprint density at radius 3 is 2.42 bits per heavy atom. The fraction of sp³-hybridized carbons (Fsp3) is 0.438. The van der Waals surface area contributed by atoms with Crippen LogP contribution in [0.15, 0.2) is 30.3 Å². The van der Waals surface area contributed by atoms with Crippen LogP contribution in [0.5, 0.6) is 0 Å². The average molecular weight is 256 g/mol. The zero-order chi connectivity index (χ0) is 13.5. The van der Waals surface area contributed by atoms with Crippen LogP contribution in [0.3, 0.4) is 0 Å². The van der Waals surface area contributed by atoms with Gasteiger partial charge in [-0.25, -0.2) is 0 Å². The second-order valence-electron chi connectivity index (χ2n) is 5.63. The van der Waals surface area contributed by atoms with Gasteiger partial charge in [-0.2, -0.15) is 5.10 Å². The number of aryl methyl sites for hydroxylation is 2. The number of aromatic nitrogens is 2. The van der Waals surface area contributed by atoms with E-state index in [2.05, 4.69) is 30.2 Å². The Hall–Kier alpha value is -1.61. The summed E-state index contributed by atoms with van der Waals surface area (Å²) >= 11 is 0. The van der Waals surface area contributed by atoms with Gasteiger partial charge in [0.25, 0.3) is 0 Å². The van der Waals surface area contributed by atoms with Crippen molar-refractivity contribution in [2.75, 3.05) is 0 Å². The minimum absolute atomic E-state index is 0.650. The summed E-state index contributed by atoms with van der Waals surface area (Å²) in [5.41, 5.74) is 4.12. The Balaban J connectivity index is 1.82. The van der Waals surface area contributed by atoms with Crippen molar-refractivity contribution in [2.45, 2.75) is 38.2 Å². The molecule has 100 valence electrons. The highest BCUT2D eigenvalue weighted by molar-refractivity contribution is 5.36. The minimum atomic E-state index is -0.650. The van der Waals surface area contributed by atoms with Crippen LogP contribution in [0.4, 0.5) is 0 Å². The van der Waals surface area contributed by atoms with Gasteiger partial charge < -0.3 is 5.11 Å². The maximum atomic E-state index is 10.8. The molecule has 1 aromatic carbocycles. The predicted octanol–water partition coefficient (Wildman–Crippen LogP) is 2.05. The van der Waals surface area contributed by atoms with Gasteiger partial charge in [-0.15, -0.1) is 0 Å². The number of benzene rings is 1. The molecule has 0 aliphatic heterocycles. The molecule has 0 amide bonds. The Kier molecular flexibility index (Phi) is 2.94. The number of fused-ring (bicyclic) bond motifs is 1. The molecular formula is C16H20N2O. The van der Waals surface area contributed by atoms with Gasteiger partial charge in [0.05, 0.1) is 11.3 Å². The van der Waals surface area contributed by atoms with E-state index in [1.807, 2.05) is 23.9 Å². The van der Waals surface area contributed by atoms with Gasteiger partial charge in [-0.1, -0.05) is 31.2 Å². The molecular weight excluding hydrogens is 236 g/mol. The van der Waals surface area contributed by atoms with Crippen LogP contribution in [-0.2, 0) is 32.7 Å². The van der Waals surface area contributed by atoms with Crippen molar-refractivity contribution >= 4 is 0 Å². The van der Waals surface area contributed by atoms with E-state index in [9.17, 15) is 5.11 Å². The monoisotopic (exact) mass is 256 g/mol. The molecule has 0 saturated carbocycles. The van der Waals surface area contributed by atoms with Gasteiger partial charge >= 0.3 is 0 Å². The lowest BCUT2D eigenvalue weighted by molar-refractivity contribution is 0.0499. The molecule has 0 unspecified atom stereocenters. The van der Waals surface area contributed by atoms with Gasteiger partial charge in [-0.05, 0) is 23.6 Å². The fourth-order valence-corrected chi connectivity index (χ4v) is 3.05. The smallest absolute Gasteiger partial charge is 0.0783 e. The molecule has 1 aromatic heterocycles. The normalized spacial score (nSPS) is 16.6. The first kappa shape index (κ1) is 12.4. The van der Waals surface area contributed by atoms with E-state index < -0.39 is 5.60 Å². The Bertz CT molecular complexity index is 576. The van der Waals surface area contributed by atoms with Gasteiger partial charge in [0.15, 0.2) is 0 Å². The highest BCUT2D eigenvalue weighted by atomic mass is 16.3.